The van der Waals surface area contributed by atoms with Crippen molar-refractivity contribution in [2.45, 2.75) is 44.1 Å². The molecule has 2 aromatic carbocycles. The molecule has 12 nitrogen and oxygen atoms in total. The van der Waals surface area contributed by atoms with Gasteiger partial charge in [0.2, 0.25) is 12.1 Å². The van der Waals surface area contributed by atoms with Crippen LogP contribution in [0.2, 0.25) is 0 Å². The molecule has 2 aromatic rings. The van der Waals surface area contributed by atoms with E-state index in [4.69, 9.17) is 19.3 Å². The molecule has 1 fully saturated rings. The fourth-order valence-corrected chi connectivity index (χ4v) is 4.13. The van der Waals surface area contributed by atoms with Crippen LogP contribution in [0.3, 0.4) is 0 Å². The van der Waals surface area contributed by atoms with Crippen LogP contribution < -0.4 is 4.74 Å². The number of phenols is 1. The maximum absolute atomic E-state index is 13.3. The van der Waals surface area contributed by atoms with E-state index in [1.165, 1.54) is 30.3 Å². The number of hydrogen-bond donors (Lipinski definition) is 5. The van der Waals surface area contributed by atoms with E-state index in [-0.39, 0.29) is 33.8 Å². The van der Waals surface area contributed by atoms with Crippen LogP contribution in [-0.2, 0) is 19.1 Å². The second kappa shape index (κ2) is 9.66. The molecule has 4 rings (SSSR count). The summed E-state index contributed by atoms with van der Waals surface area (Å²) >= 11 is 0. The van der Waals surface area contributed by atoms with Crippen molar-refractivity contribution in [3.8, 4) is 11.5 Å². The van der Waals surface area contributed by atoms with E-state index in [0.29, 0.717) is 5.56 Å². The smallest absolute Gasteiger partial charge is 0.317 e. The van der Waals surface area contributed by atoms with Gasteiger partial charge in [0.05, 0.1) is 11.1 Å². The van der Waals surface area contributed by atoms with Gasteiger partial charge in [-0.05, 0) is 30.7 Å². The maximum atomic E-state index is 13.3. The van der Waals surface area contributed by atoms with Gasteiger partial charge in [-0.2, -0.15) is 0 Å². The van der Waals surface area contributed by atoms with Gasteiger partial charge in [-0.3, -0.25) is 19.2 Å². The summed E-state index contributed by atoms with van der Waals surface area (Å²) in [7, 11) is 0. The fraction of sp³-hybridized carbons (Fsp3) is 0.333. The Morgan fingerprint density at radius 1 is 0.972 bits per heavy atom. The van der Waals surface area contributed by atoms with Crippen LogP contribution in [0.15, 0.2) is 30.3 Å². The number of aliphatic hydroxyl groups is 3. The quantitative estimate of drug-likeness (QED) is 0.218. The van der Waals surface area contributed by atoms with E-state index in [2.05, 4.69) is 0 Å². The lowest BCUT2D eigenvalue weighted by Crippen LogP contribution is -2.60. The van der Waals surface area contributed by atoms with E-state index < -0.39 is 67.2 Å². The van der Waals surface area contributed by atoms with Crippen LogP contribution in [-0.4, -0.2) is 86.4 Å². The average molecular weight is 502 g/mol. The number of rotatable bonds is 6. The number of ether oxygens (including phenoxy) is 3. The van der Waals surface area contributed by atoms with Gasteiger partial charge in [-0.15, -0.1) is 0 Å². The predicted octanol–water partition coefficient (Wildman–Crippen LogP) is -0.320. The van der Waals surface area contributed by atoms with Crippen molar-refractivity contribution in [2.75, 3.05) is 6.61 Å². The molecule has 0 radical (unpaired) electrons. The second-order valence-corrected chi connectivity index (χ2v) is 8.43. The first kappa shape index (κ1) is 25.3. The summed E-state index contributed by atoms with van der Waals surface area (Å²) in [5, 5.41) is 49.8. The SMILES string of the molecule is Cc1cc(O)c2c(c1)C(=O)c1cccc(OC3OC(COC(=O)CC(=O)O)C(O)C(O)C3O)c1C2=O. The molecular formula is C24H22O12. The Bertz CT molecular complexity index is 1250. The number of carboxylic acids is 1. The number of benzene rings is 2. The van der Waals surface area contributed by atoms with Gasteiger partial charge in [-0.25, -0.2) is 0 Å². The van der Waals surface area contributed by atoms with Crippen LogP contribution in [0, 0.1) is 6.92 Å². The molecule has 5 unspecified atom stereocenters. The van der Waals surface area contributed by atoms with Crippen molar-refractivity contribution in [3.05, 3.63) is 58.1 Å². The molecule has 12 heteroatoms. The summed E-state index contributed by atoms with van der Waals surface area (Å²) in [5.74, 6) is -4.39. The van der Waals surface area contributed by atoms with Gasteiger partial charge in [0, 0.05) is 11.1 Å². The first-order valence-corrected chi connectivity index (χ1v) is 10.8. The Hall–Kier alpha value is -3.84. The van der Waals surface area contributed by atoms with E-state index >= 15 is 0 Å². The van der Waals surface area contributed by atoms with Crippen molar-refractivity contribution in [1.82, 2.24) is 0 Å². The number of ketones is 2. The summed E-state index contributed by atoms with van der Waals surface area (Å²) in [5.41, 5.74) is 0.176. The minimum atomic E-state index is -1.82. The first-order chi connectivity index (χ1) is 17.0. The lowest BCUT2D eigenvalue weighted by Gasteiger charge is -2.40. The molecular weight excluding hydrogens is 480 g/mol. The zero-order chi connectivity index (χ0) is 26.3. The van der Waals surface area contributed by atoms with Crippen molar-refractivity contribution in [3.63, 3.8) is 0 Å². The summed E-state index contributed by atoms with van der Waals surface area (Å²) in [6, 6.07) is 6.95. The minimum absolute atomic E-state index is 0.0139. The standard InChI is InChI=1S/C24H22O12/c1-9-5-11-17(12(25)6-9)21(31)18-10(19(11)29)3-2-4-13(18)35-24-23(33)22(32)20(30)14(36-24)8-34-16(28)7-15(26)27/h2-6,14,20,22-25,30,32-33H,7-8H2,1H3,(H,26,27). The summed E-state index contributed by atoms with van der Waals surface area (Å²) in [6.07, 6.45) is -9.41. The molecule has 0 saturated carbocycles. The Balaban J connectivity index is 1.61. The third kappa shape index (κ3) is 4.54. The van der Waals surface area contributed by atoms with Gasteiger partial charge in [0.15, 0.2) is 5.78 Å². The Morgan fingerprint density at radius 2 is 1.69 bits per heavy atom. The van der Waals surface area contributed by atoms with Gasteiger partial charge in [0.1, 0.15) is 48.9 Å². The monoisotopic (exact) mass is 502 g/mol. The topological polar surface area (TPSA) is 197 Å². The second-order valence-electron chi connectivity index (χ2n) is 8.43. The lowest BCUT2D eigenvalue weighted by atomic mass is 9.82. The van der Waals surface area contributed by atoms with Gasteiger partial charge >= 0.3 is 11.9 Å². The van der Waals surface area contributed by atoms with E-state index in [9.17, 15) is 39.6 Å². The molecule has 5 atom stereocenters. The number of aliphatic carboxylic acids is 1. The molecule has 0 spiro atoms. The number of fused-ring (bicyclic) bond motifs is 2. The highest BCUT2D eigenvalue weighted by Gasteiger charge is 2.46. The van der Waals surface area contributed by atoms with Crippen molar-refractivity contribution < 1.29 is 58.9 Å². The summed E-state index contributed by atoms with van der Waals surface area (Å²) in [6.45, 7) is 0.992. The van der Waals surface area contributed by atoms with Crippen molar-refractivity contribution in [2.24, 2.45) is 0 Å². The molecule has 1 aliphatic heterocycles. The molecule has 1 saturated heterocycles. The largest absolute Gasteiger partial charge is 0.507 e. The zero-order valence-corrected chi connectivity index (χ0v) is 18.8. The summed E-state index contributed by atoms with van der Waals surface area (Å²) < 4.78 is 15.9. The number of carboxylic acid groups (broad SMARTS) is 1. The van der Waals surface area contributed by atoms with Crippen LogP contribution >= 0.6 is 0 Å². The number of hydrogen-bond acceptors (Lipinski definition) is 11. The van der Waals surface area contributed by atoms with Crippen LogP contribution in [0.25, 0.3) is 0 Å². The zero-order valence-electron chi connectivity index (χ0n) is 18.8. The van der Waals surface area contributed by atoms with Crippen molar-refractivity contribution >= 4 is 23.5 Å². The normalized spacial score (nSPS) is 25.1. The molecule has 0 aromatic heterocycles. The molecule has 0 bridgehead atoms. The highest BCUT2D eigenvalue weighted by molar-refractivity contribution is 6.30. The number of carbonyl (C=O) groups excluding carboxylic acids is 3. The molecule has 2 aliphatic rings. The highest BCUT2D eigenvalue weighted by atomic mass is 16.7. The number of carbonyl (C=O) groups is 4. The third-order valence-corrected chi connectivity index (χ3v) is 5.85. The molecule has 36 heavy (non-hydrogen) atoms. The first-order valence-electron chi connectivity index (χ1n) is 10.8. The number of aryl methyl sites for hydroxylation is 1. The highest BCUT2D eigenvalue weighted by Crippen LogP contribution is 2.38. The van der Waals surface area contributed by atoms with Crippen molar-refractivity contribution in [1.29, 1.82) is 0 Å². The van der Waals surface area contributed by atoms with Gasteiger partial charge in [0.25, 0.3) is 0 Å². The molecule has 0 amide bonds. The number of esters is 1. The fourth-order valence-electron chi connectivity index (χ4n) is 4.13. The van der Waals surface area contributed by atoms with Gasteiger partial charge in [-0.1, -0.05) is 12.1 Å². The van der Waals surface area contributed by atoms with E-state index in [1.54, 1.807) is 6.92 Å². The van der Waals surface area contributed by atoms with E-state index in [0.717, 1.165) is 0 Å². The van der Waals surface area contributed by atoms with Crippen LogP contribution in [0.5, 0.6) is 11.5 Å². The lowest BCUT2D eigenvalue weighted by molar-refractivity contribution is -0.278. The van der Waals surface area contributed by atoms with Crippen LogP contribution in [0.1, 0.15) is 43.8 Å². The Morgan fingerprint density at radius 3 is 2.39 bits per heavy atom. The summed E-state index contributed by atoms with van der Waals surface area (Å²) in [4.78, 5) is 48.5. The molecule has 1 heterocycles. The third-order valence-electron chi connectivity index (χ3n) is 5.85. The predicted molar refractivity (Wildman–Crippen MR) is 117 cm³/mol. The Labute approximate surface area is 203 Å². The number of aromatic hydroxyl groups is 1. The van der Waals surface area contributed by atoms with Crippen LogP contribution in [0.4, 0.5) is 0 Å². The molecule has 1 aliphatic carbocycles. The molecule has 5 N–H and O–H groups in total. The average Bonchev–Trinajstić information content (AvgIpc) is 2.81. The van der Waals surface area contributed by atoms with Gasteiger partial charge < -0.3 is 39.7 Å². The Kier molecular flexibility index (Phi) is 6.78. The minimum Gasteiger partial charge on any atom is -0.507 e. The maximum Gasteiger partial charge on any atom is 0.317 e. The molecule has 190 valence electrons. The number of phenolic OH excluding ortho intramolecular Hbond substituents is 1. The number of aliphatic hydroxyl groups excluding tert-OH is 3. The van der Waals surface area contributed by atoms with E-state index in [1.807, 2.05) is 0 Å².